The second-order valence-corrected chi connectivity index (χ2v) is 8.23. The molecule has 0 bridgehead atoms. The Labute approximate surface area is 177 Å². The molecule has 0 aliphatic rings. The van der Waals surface area contributed by atoms with E-state index >= 15 is 0 Å². The molecule has 2 aromatic rings. The fourth-order valence-electron chi connectivity index (χ4n) is 2.13. The van der Waals surface area contributed by atoms with Crippen LogP contribution in [-0.4, -0.2) is 22.5 Å². The van der Waals surface area contributed by atoms with Gasteiger partial charge in [-0.2, -0.15) is 0 Å². The molecule has 3 amide bonds. The number of carbonyl (C=O) groups is 2. The average molecular weight is 449 g/mol. The van der Waals surface area contributed by atoms with E-state index in [0.29, 0.717) is 15.7 Å². The molecule has 0 fully saturated rings. The topological polar surface area (TPSA) is 61.4 Å². The molecule has 0 atom stereocenters. The Kier molecular flexibility index (Phi) is 6.87. The molecule has 0 saturated heterocycles. The number of rotatable bonds is 2. The number of nitrogens with one attached hydrogen (secondary N) is 2. The van der Waals surface area contributed by atoms with E-state index in [1.807, 2.05) is 0 Å². The summed E-state index contributed by atoms with van der Waals surface area (Å²) >= 11 is 24.0. The van der Waals surface area contributed by atoms with E-state index in [1.54, 1.807) is 39.0 Å². The molecule has 2 aromatic carbocycles. The molecule has 5 nitrogen and oxygen atoms in total. The van der Waals surface area contributed by atoms with Crippen LogP contribution in [0.1, 0.15) is 31.1 Å². The number of urea groups is 1. The fraction of sp³-hybridized carbons (Fsp3) is 0.222. The number of hydrazine groups is 1. The number of hydrogen-bond acceptors (Lipinski definition) is 2. The number of hydrogen-bond donors (Lipinski definition) is 2. The summed E-state index contributed by atoms with van der Waals surface area (Å²) in [6, 6.07) is 8.73. The van der Waals surface area contributed by atoms with E-state index in [1.165, 1.54) is 18.2 Å². The number of benzene rings is 2. The van der Waals surface area contributed by atoms with Crippen molar-refractivity contribution in [2.45, 2.75) is 26.3 Å². The zero-order valence-corrected chi connectivity index (χ0v) is 17.8. The third-order valence-electron chi connectivity index (χ3n) is 3.46. The van der Waals surface area contributed by atoms with Crippen molar-refractivity contribution in [1.29, 1.82) is 0 Å². The lowest BCUT2D eigenvalue weighted by Gasteiger charge is -2.35. The fourth-order valence-corrected chi connectivity index (χ4v) is 2.97. The third kappa shape index (κ3) is 5.42. The highest BCUT2D eigenvalue weighted by Gasteiger charge is 2.30. The van der Waals surface area contributed by atoms with Gasteiger partial charge in [0, 0.05) is 5.02 Å². The van der Waals surface area contributed by atoms with Crippen molar-refractivity contribution in [3.63, 3.8) is 0 Å². The van der Waals surface area contributed by atoms with Gasteiger partial charge in [0.2, 0.25) is 0 Å². The summed E-state index contributed by atoms with van der Waals surface area (Å²) in [7, 11) is 0. The molecule has 0 unspecified atom stereocenters. The van der Waals surface area contributed by atoms with Crippen LogP contribution >= 0.6 is 46.4 Å². The van der Waals surface area contributed by atoms with Crippen LogP contribution in [-0.2, 0) is 0 Å². The highest BCUT2D eigenvalue weighted by atomic mass is 35.5. The number of amides is 3. The van der Waals surface area contributed by atoms with E-state index in [0.717, 1.165) is 5.01 Å². The molecule has 0 aromatic heterocycles. The highest BCUT2D eigenvalue weighted by Crippen LogP contribution is 2.30. The van der Waals surface area contributed by atoms with Crippen molar-refractivity contribution in [1.82, 2.24) is 10.4 Å². The molecule has 9 heteroatoms. The van der Waals surface area contributed by atoms with E-state index in [4.69, 9.17) is 46.4 Å². The van der Waals surface area contributed by atoms with Crippen molar-refractivity contribution in [3.8, 4) is 0 Å². The van der Waals surface area contributed by atoms with E-state index < -0.39 is 17.5 Å². The van der Waals surface area contributed by atoms with Gasteiger partial charge in [0.1, 0.15) is 0 Å². The number of carbonyl (C=O) groups excluding carboxylic acids is 2. The van der Waals surface area contributed by atoms with Crippen LogP contribution in [0, 0.1) is 0 Å². The van der Waals surface area contributed by atoms with Gasteiger partial charge >= 0.3 is 6.03 Å². The number of nitrogens with zero attached hydrogens (tertiary/aromatic N) is 1. The van der Waals surface area contributed by atoms with Crippen LogP contribution in [0.5, 0.6) is 0 Å². The second-order valence-electron chi connectivity index (χ2n) is 6.60. The normalized spacial score (nSPS) is 11.1. The lowest BCUT2D eigenvalue weighted by molar-refractivity contribution is 0.0687. The maximum absolute atomic E-state index is 12.8. The van der Waals surface area contributed by atoms with E-state index in [-0.39, 0.29) is 15.6 Å². The standard InChI is InChI=1S/C18H17Cl4N3O2/c1-18(2,3)25(17(27)23-14-6-4-5-12(20)15(14)22)24-16(26)11-8-7-10(19)9-13(11)21/h4-9H,1-3H3,(H,23,27)(H,24,26). The van der Waals surface area contributed by atoms with Crippen molar-refractivity contribution < 1.29 is 9.59 Å². The lowest BCUT2D eigenvalue weighted by Crippen LogP contribution is -2.57. The Hall–Kier alpha value is -1.66. The predicted octanol–water partition coefficient (Wildman–Crippen LogP) is 6.28. The van der Waals surface area contributed by atoms with Crippen LogP contribution in [0.15, 0.2) is 36.4 Å². The second kappa shape index (κ2) is 8.57. The first-order chi connectivity index (χ1) is 12.5. The van der Waals surface area contributed by atoms with Gasteiger partial charge in [-0.25, -0.2) is 9.80 Å². The van der Waals surface area contributed by atoms with Gasteiger partial charge in [0.05, 0.1) is 31.9 Å². The van der Waals surface area contributed by atoms with Crippen LogP contribution < -0.4 is 10.7 Å². The molecule has 144 valence electrons. The first-order valence-corrected chi connectivity index (χ1v) is 9.33. The van der Waals surface area contributed by atoms with Crippen molar-refractivity contribution >= 4 is 64.0 Å². The van der Waals surface area contributed by atoms with E-state index in [9.17, 15) is 9.59 Å². The molecule has 27 heavy (non-hydrogen) atoms. The number of halogens is 4. The molecule has 0 radical (unpaired) electrons. The quantitative estimate of drug-likeness (QED) is 0.531. The third-order valence-corrected chi connectivity index (χ3v) is 4.82. The summed E-state index contributed by atoms with van der Waals surface area (Å²) in [6.07, 6.45) is 0. The number of anilines is 1. The minimum absolute atomic E-state index is 0.173. The Balaban J connectivity index is 2.26. The van der Waals surface area contributed by atoms with Gasteiger partial charge in [-0.15, -0.1) is 0 Å². The van der Waals surface area contributed by atoms with Crippen LogP contribution in [0.4, 0.5) is 10.5 Å². The van der Waals surface area contributed by atoms with Crippen LogP contribution in [0.3, 0.4) is 0 Å². The van der Waals surface area contributed by atoms with Crippen LogP contribution in [0.2, 0.25) is 20.1 Å². The minimum atomic E-state index is -0.746. The maximum atomic E-state index is 12.8. The Morgan fingerprint density at radius 2 is 1.63 bits per heavy atom. The molecule has 0 aliphatic carbocycles. The molecule has 2 rings (SSSR count). The van der Waals surface area contributed by atoms with Gasteiger partial charge in [-0.1, -0.05) is 52.5 Å². The summed E-state index contributed by atoms with van der Waals surface area (Å²) in [5.74, 6) is -0.557. The Bertz CT molecular complexity index is 881. The van der Waals surface area contributed by atoms with Crippen molar-refractivity contribution in [2.24, 2.45) is 0 Å². The van der Waals surface area contributed by atoms with Gasteiger partial charge < -0.3 is 5.32 Å². The molecular weight excluding hydrogens is 432 g/mol. The predicted molar refractivity (Wildman–Crippen MR) is 111 cm³/mol. The minimum Gasteiger partial charge on any atom is -0.305 e. The van der Waals surface area contributed by atoms with Gasteiger partial charge in [-0.3, -0.25) is 10.2 Å². The molecule has 0 spiro atoms. The Morgan fingerprint density at radius 1 is 0.963 bits per heavy atom. The summed E-state index contributed by atoms with van der Waals surface area (Å²) in [6.45, 7) is 5.28. The summed E-state index contributed by atoms with van der Waals surface area (Å²) in [5.41, 5.74) is 2.33. The first kappa shape index (κ1) is 21.6. The summed E-state index contributed by atoms with van der Waals surface area (Å²) < 4.78 is 0. The zero-order chi connectivity index (χ0) is 20.4. The van der Waals surface area contributed by atoms with E-state index in [2.05, 4.69) is 10.7 Å². The average Bonchev–Trinajstić information content (AvgIpc) is 2.55. The first-order valence-electron chi connectivity index (χ1n) is 7.82. The molecule has 0 aliphatic heterocycles. The Morgan fingerprint density at radius 3 is 2.22 bits per heavy atom. The van der Waals surface area contributed by atoms with Gasteiger partial charge in [0.25, 0.3) is 5.91 Å². The van der Waals surface area contributed by atoms with Gasteiger partial charge in [-0.05, 0) is 51.1 Å². The lowest BCUT2D eigenvalue weighted by atomic mass is 10.1. The van der Waals surface area contributed by atoms with Crippen molar-refractivity contribution in [2.75, 3.05) is 5.32 Å². The molecular formula is C18H17Cl4N3O2. The maximum Gasteiger partial charge on any atom is 0.341 e. The molecule has 0 heterocycles. The van der Waals surface area contributed by atoms with Crippen LogP contribution in [0.25, 0.3) is 0 Å². The monoisotopic (exact) mass is 447 g/mol. The van der Waals surface area contributed by atoms with Gasteiger partial charge in [0.15, 0.2) is 0 Å². The summed E-state index contributed by atoms with van der Waals surface area (Å²) in [4.78, 5) is 25.4. The smallest absolute Gasteiger partial charge is 0.305 e. The van der Waals surface area contributed by atoms with Crippen molar-refractivity contribution in [3.05, 3.63) is 62.1 Å². The molecule has 0 saturated carbocycles. The summed E-state index contributed by atoms with van der Waals surface area (Å²) in [5, 5.41) is 4.87. The zero-order valence-electron chi connectivity index (χ0n) is 14.7. The largest absolute Gasteiger partial charge is 0.341 e. The SMILES string of the molecule is CC(C)(C)N(NC(=O)c1ccc(Cl)cc1Cl)C(=O)Nc1cccc(Cl)c1Cl. The molecule has 2 N–H and O–H groups in total. The highest BCUT2D eigenvalue weighted by molar-refractivity contribution is 6.44.